The minimum atomic E-state index is -0.596. The summed E-state index contributed by atoms with van der Waals surface area (Å²) in [7, 11) is 0. The van der Waals surface area contributed by atoms with Gasteiger partial charge in [0.2, 0.25) is 0 Å². The van der Waals surface area contributed by atoms with Crippen LogP contribution in [0.1, 0.15) is 27.0 Å². The zero-order valence-corrected chi connectivity index (χ0v) is 16.4. The predicted molar refractivity (Wildman–Crippen MR) is 107 cm³/mol. The molecule has 0 saturated carbocycles. The Morgan fingerprint density at radius 1 is 1.08 bits per heavy atom. The molecule has 0 unspecified atom stereocenters. The molecule has 26 heavy (non-hydrogen) atoms. The van der Waals surface area contributed by atoms with Gasteiger partial charge in [0, 0.05) is 5.56 Å². The van der Waals surface area contributed by atoms with Gasteiger partial charge in [-0.15, -0.1) is 11.3 Å². The van der Waals surface area contributed by atoms with E-state index < -0.39 is 6.09 Å². The van der Waals surface area contributed by atoms with E-state index in [1.807, 2.05) is 49.4 Å². The summed E-state index contributed by atoms with van der Waals surface area (Å²) in [6.07, 6.45) is -0.596. The number of rotatable bonds is 5. The van der Waals surface area contributed by atoms with Crippen LogP contribution in [-0.2, 0) is 11.3 Å². The molecule has 0 aliphatic heterocycles. The zero-order valence-electron chi connectivity index (χ0n) is 14.0. The van der Waals surface area contributed by atoms with Gasteiger partial charge in [0.25, 0.3) is 0 Å². The molecule has 1 heterocycles. The van der Waals surface area contributed by atoms with Gasteiger partial charge in [-0.1, -0.05) is 60.2 Å². The van der Waals surface area contributed by atoms with Crippen LogP contribution < -0.4 is 5.32 Å². The first-order chi connectivity index (χ1) is 12.5. The molecule has 0 atom stereocenters. The number of thiophene rings is 1. The van der Waals surface area contributed by atoms with E-state index in [4.69, 9.17) is 4.74 Å². The maximum absolute atomic E-state index is 12.7. The van der Waals surface area contributed by atoms with E-state index in [1.54, 1.807) is 18.2 Å². The number of aryl methyl sites for hydroxylation is 1. The molecule has 0 aliphatic rings. The lowest BCUT2D eigenvalue weighted by Crippen LogP contribution is -2.15. The summed E-state index contributed by atoms with van der Waals surface area (Å²) in [6.45, 7) is 2.13. The molecule has 0 aliphatic carbocycles. The van der Waals surface area contributed by atoms with Crippen LogP contribution in [0.4, 0.5) is 9.80 Å². The highest BCUT2D eigenvalue weighted by atomic mass is 79.9. The number of carbonyl (C=O) groups excluding carboxylic acids is 2. The summed E-state index contributed by atoms with van der Waals surface area (Å²) in [5.41, 5.74) is 2.98. The molecule has 0 radical (unpaired) electrons. The number of hydrogen-bond acceptors (Lipinski definition) is 4. The van der Waals surface area contributed by atoms with Crippen molar-refractivity contribution in [1.82, 2.24) is 0 Å². The number of anilines is 1. The van der Waals surface area contributed by atoms with Crippen molar-refractivity contribution in [1.29, 1.82) is 0 Å². The molecule has 3 aromatic rings. The third kappa shape index (κ3) is 4.59. The number of carbonyl (C=O) groups is 2. The normalized spacial score (nSPS) is 10.4. The van der Waals surface area contributed by atoms with Gasteiger partial charge in [-0.3, -0.25) is 10.1 Å². The quantitative estimate of drug-likeness (QED) is 0.521. The number of hydrogen-bond donors (Lipinski definition) is 1. The number of nitrogens with one attached hydrogen (secondary N) is 1. The second kappa shape index (κ2) is 8.29. The van der Waals surface area contributed by atoms with Crippen LogP contribution in [0, 0.1) is 6.92 Å². The van der Waals surface area contributed by atoms with Crippen molar-refractivity contribution >= 4 is 44.1 Å². The Bertz CT molecular complexity index is 920. The van der Waals surface area contributed by atoms with Crippen molar-refractivity contribution in [2.24, 2.45) is 0 Å². The topological polar surface area (TPSA) is 55.4 Å². The van der Waals surface area contributed by atoms with Gasteiger partial charge < -0.3 is 4.74 Å². The lowest BCUT2D eigenvalue weighted by molar-refractivity contribution is 0.104. The molecular formula is C20H16BrNO3S. The van der Waals surface area contributed by atoms with Crippen LogP contribution in [0.25, 0.3) is 0 Å². The monoisotopic (exact) mass is 429 g/mol. The Morgan fingerprint density at radius 2 is 1.77 bits per heavy atom. The smallest absolute Gasteiger partial charge is 0.412 e. The fourth-order valence-corrected chi connectivity index (χ4v) is 3.82. The van der Waals surface area contributed by atoms with Crippen molar-refractivity contribution < 1.29 is 14.3 Å². The van der Waals surface area contributed by atoms with Crippen LogP contribution in [-0.4, -0.2) is 11.9 Å². The molecule has 1 N–H and O–H groups in total. The Kier molecular flexibility index (Phi) is 5.85. The van der Waals surface area contributed by atoms with Gasteiger partial charge in [0.05, 0.1) is 9.35 Å². The Labute approximate surface area is 163 Å². The fraction of sp³-hybridized carbons (Fsp3) is 0.100. The molecule has 0 saturated heterocycles. The molecule has 4 nitrogen and oxygen atoms in total. The molecule has 3 rings (SSSR count). The second-order valence-corrected chi connectivity index (χ2v) is 8.11. The third-order valence-corrected chi connectivity index (χ3v) is 5.24. The fourth-order valence-electron chi connectivity index (χ4n) is 2.33. The number of amides is 1. The highest BCUT2D eigenvalue weighted by Crippen LogP contribution is 2.33. The molecule has 6 heteroatoms. The Morgan fingerprint density at radius 3 is 2.46 bits per heavy atom. The van der Waals surface area contributed by atoms with Gasteiger partial charge in [-0.25, -0.2) is 4.79 Å². The zero-order chi connectivity index (χ0) is 18.5. The van der Waals surface area contributed by atoms with E-state index in [-0.39, 0.29) is 12.4 Å². The molecule has 1 aromatic heterocycles. The molecule has 2 aromatic carbocycles. The first-order valence-corrected chi connectivity index (χ1v) is 9.52. The minimum Gasteiger partial charge on any atom is -0.444 e. The van der Waals surface area contributed by atoms with Crippen LogP contribution in [0.2, 0.25) is 0 Å². The van der Waals surface area contributed by atoms with E-state index >= 15 is 0 Å². The van der Waals surface area contributed by atoms with E-state index in [0.717, 1.165) is 14.9 Å². The summed E-state index contributed by atoms with van der Waals surface area (Å²) >= 11 is 4.65. The van der Waals surface area contributed by atoms with E-state index in [9.17, 15) is 9.59 Å². The van der Waals surface area contributed by atoms with Crippen molar-refractivity contribution in [3.05, 3.63) is 86.7 Å². The summed E-state index contributed by atoms with van der Waals surface area (Å²) < 4.78 is 5.98. The van der Waals surface area contributed by atoms with E-state index in [0.29, 0.717) is 16.1 Å². The largest absolute Gasteiger partial charge is 0.444 e. The Hall–Kier alpha value is -2.44. The highest BCUT2D eigenvalue weighted by Gasteiger charge is 2.19. The van der Waals surface area contributed by atoms with Gasteiger partial charge in [0.1, 0.15) is 11.6 Å². The summed E-state index contributed by atoms with van der Waals surface area (Å²) in [4.78, 5) is 24.8. The summed E-state index contributed by atoms with van der Waals surface area (Å²) in [6, 6.07) is 18.4. The van der Waals surface area contributed by atoms with Crippen molar-refractivity contribution in [3.8, 4) is 0 Å². The molecule has 1 amide bonds. The average molecular weight is 430 g/mol. The first-order valence-electron chi connectivity index (χ1n) is 7.91. The van der Waals surface area contributed by atoms with Crippen LogP contribution in [0.5, 0.6) is 0 Å². The molecule has 132 valence electrons. The van der Waals surface area contributed by atoms with E-state index in [2.05, 4.69) is 21.2 Å². The predicted octanol–water partition coefficient (Wildman–Crippen LogP) is 5.80. The van der Waals surface area contributed by atoms with Crippen LogP contribution in [0.3, 0.4) is 0 Å². The van der Waals surface area contributed by atoms with Crippen molar-refractivity contribution in [3.63, 3.8) is 0 Å². The molecule has 0 spiro atoms. The van der Waals surface area contributed by atoms with Crippen molar-refractivity contribution in [2.45, 2.75) is 13.5 Å². The number of ketones is 1. The van der Waals surface area contributed by atoms with Gasteiger partial charge in [-0.2, -0.15) is 0 Å². The first kappa shape index (κ1) is 18.4. The minimum absolute atomic E-state index is 0.148. The van der Waals surface area contributed by atoms with E-state index in [1.165, 1.54) is 11.3 Å². The maximum Gasteiger partial charge on any atom is 0.412 e. The lowest BCUT2D eigenvalue weighted by Gasteiger charge is -2.07. The number of ether oxygens (including phenoxy) is 1. The lowest BCUT2D eigenvalue weighted by atomic mass is 10.0. The number of benzene rings is 2. The van der Waals surface area contributed by atoms with Crippen LogP contribution in [0.15, 0.2) is 64.5 Å². The second-order valence-electron chi connectivity index (χ2n) is 5.68. The molecule has 0 fully saturated rings. The van der Waals surface area contributed by atoms with Gasteiger partial charge in [-0.05, 0) is 34.5 Å². The standard InChI is InChI=1S/C20H16BrNO3S/c1-13-7-9-15(10-8-13)18(23)16-11-17(21)26-19(16)22-20(24)25-12-14-5-3-2-4-6-14/h2-11H,12H2,1H3,(H,22,24). The van der Waals surface area contributed by atoms with Crippen LogP contribution >= 0.6 is 27.3 Å². The number of halogens is 1. The van der Waals surface area contributed by atoms with Gasteiger partial charge in [0.15, 0.2) is 5.78 Å². The molecular weight excluding hydrogens is 414 g/mol. The molecule has 0 bridgehead atoms. The summed E-state index contributed by atoms with van der Waals surface area (Å²) in [5, 5.41) is 3.13. The third-order valence-electron chi connectivity index (χ3n) is 3.69. The highest BCUT2D eigenvalue weighted by molar-refractivity contribution is 9.11. The SMILES string of the molecule is Cc1ccc(C(=O)c2cc(Br)sc2NC(=O)OCc2ccccc2)cc1. The maximum atomic E-state index is 12.7. The summed E-state index contributed by atoms with van der Waals surface area (Å²) in [5.74, 6) is -0.148. The Balaban J connectivity index is 1.71. The van der Waals surface area contributed by atoms with Gasteiger partial charge >= 0.3 is 6.09 Å². The van der Waals surface area contributed by atoms with Crippen molar-refractivity contribution in [2.75, 3.05) is 5.32 Å². The average Bonchev–Trinajstić information content (AvgIpc) is 3.01.